The maximum atomic E-state index is 5.39. The molecule has 20 heavy (non-hydrogen) atoms. The molecule has 0 radical (unpaired) electrons. The third-order valence-corrected chi connectivity index (χ3v) is 4.36. The Hall–Kier alpha value is -1.38. The molecule has 1 fully saturated rings. The van der Waals surface area contributed by atoms with Gasteiger partial charge in [0.1, 0.15) is 4.88 Å². The first-order valence-corrected chi connectivity index (χ1v) is 7.67. The number of aromatic nitrogens is 4. The van der Waals surface area contributed by atoms with E-state index in [1.807, 2.05) is 6.92 Å². The van der Waals surface area contributed by atoms with Gasteiger partial charge < -0.3 is 9.84 Å². The fourth-order valence-electron chi connectivity index (χ4n) is 2.33. The molecular formula is C12H18N6OS. The number of nitrogens with zero attached hydrogens (tertiary/aromatic N) is 5. The first-order chi connectivity index (χ1) is 9.79. The van der Waals surface area contributed by atoms with Crippen molar-refractivity contribution in [2.24, 2.45) is 0 Å². The zero-order valence-corrected chi connectivity index (χ0v) is 12.5. The van der Waals surface area contributed by atoms with Crippen LogP contribution in [0.4, 0.5) is 0 Å². The maximum Gasteiger partial charge on any atom is 0.271 e. The Morgan fingerprint density at radius 3 is 2.95 bits per heavy atom. The quantitative estimate of drug-likeness (QED) is 0.905. The molecule has 3 heterocycles. The Kier molecular flexibility index (Phi) is 4.04. The van der Waals surface area contributed by atoms with E-state index in [0.29, 0.717) is 5.89 Å². The molecular weight excluding hydrogens is 276 g/mol. The van der Waals surface area contributed by atoms with Crippen LogP contribution < -0.4 is 5.32 Å². The predicted octanol–water partition coefficient (Wildman–Crippen LogP) is 1.12. The van der Waals surface area contributed by atoms with Gasteiger partial charge >= 0.3 is 0 Å². The van der Waals surface area contributed by atoms with Crippen molar-refractivity contribution in [3.05, 3.63) is 11.5 Å². The second-order valence-corrected chi connectivity index (χ2v) is 5.58. The highest BCUT2D eigenvalue weighted by molar-refractivity contribution is 7.09. The molecule has 0 amide bonds. The van der Waals surface area contributed by atoms with Crippen LogP contribution in [0.25, 0.3) is 10.8 Å². The van der Waals surface area contributed by atoms with Gasteiger partial charge in [0, 0.05) is 26.2 Å². The summed E-state index contributed by atoms with van der Waals surface area (Å²) in [5.74, 6) is 1.27. The molecule has 0 bridgehead atoms. The molecule has 2 aromatic heterocycles. The Morgan fingerprint density at radius 1 is 1.40 bits per heavy atom. The lowest BCUT2D eigenvalue weighted by Crippen LogP contribution is -2.44. The SMILES string of the molecule is CCc1nnsc1-c1nc(C(C)N2CCNCC2)no1. The molecule has 0 aliphatic carbocycles. The maximum absolute atomic E-state index is 5.39. The van der Waals surface area contributed by atoms with Crippen molar-refractivity contribution < 1.29 is 4.52 Å². The summed E-state index contributed by atoms with van der Waals surface area (Å²) in [6.45, 7) is 8.19. The summed E-state index contributed by atoms with van der Waals surface area (Å²) in [7, 11) is 0. The zero-order valence-electron chi connectivity index (χ0n) is 11.7. The Labute approximate surface area is 121 Å². The van der Waals surface area contributed by atoms with Gasteiger partial charge in [0.15, 0.2) is 5.82 Å². The molecule has 1 atom stereocenters. The van der Waals surface area contributed by atoms with Gasteiger partial charge in [0.05, 0.1) is 11.7 Å². The summed E-state index contributed by atoms with van der Waals surface area (Å²) >= 11 is 1.31. The average Bonchev–Trinajstić information content (AvgIpc) is 3.15. The fraction of sp³-hybridized carbons (Fsp3) is 0.667. The summed E-state index contributed by atoms with van der Waals surface area (Å²) in [5.41, 5.74) is 0.917. The molecule has 0 spiro atoms. The van der Waals surface area contributed by atoms with Gasteiger partial charge in [-0.15, -0.1) is 5.10 Å². The Morgan fingerprint density at radius 2 is 2.20 bits per heavy atom. The van der Waals surface area contributed by atoms with Gasteiger partial charge in [-0.05, 0) is 24.9 Å². The van der Waals surface area contributed by atoms with Crippen molar-refractivity contribution >= 4 is 11.5 Å². The first kappa shape index (κ1) is 13.6. The van der Waals surface area contributed by atoms with Gasteiger partial charge in [-0.1, -0.05) is 16.6 Å². The third kappa shape index (κ3) is 2.58. The van der Waals surface area contributed by atoms with Crippen molar-refractivity contribution in [1.82, 2.24) is 29.9 Å². The molecule has 1 aliphatic heterocycles. The lowest BCUT2D eigenvalue weighted by atomic mass is 10.2. The lowest BCUT2D eigenvalue weighted by Gasteiger charge is -2.30. The van der Waals surface area contributed by atoms with Crippen molar-refractivity contribution in [3.63, 3.8) is 0 Å². The Bertz CT molecular complexity index is 562. The van der Waals surface area contributed by atoms with Gasteiger partial charge in [-0.3, -0.25) is 4.90 Å². The number of hydrogen-bond acceptors (Lipinski definition) is 8. The number of rotatable bonds is 4. The van der Waals surface area contributed by atoms with Crippen molar-refractivity contribution in [1.29, 1.82) is 0 Å². The zero-order chi connectivity index (χ0) is 13.9. The topological polar surface area (TPSA) is 80.0 Å². The van der Waals surface area contributed by atoms with E-state index in [1.165, 1.54) is 11.5 Å². The molecule has 0 aromatic carbocycles. The van der Waals surface area contributed by atoms with Crippen LogP contribution in [0.2, 0.25) is 0 Å². The molecule has 2 aromatic rings. The summed E-state index contributed by atoms with van der Waals surface area (Å²) in [6, 6.07) is 0.167. The molecule has 1 unspecified atom stereocenters. The van der Waals surface area contributed by atoms with Crippen LogP contribution in [-0.4, -0.2) is 50.8 Å². The summed E-state index contributed by atoms with van der Waals surface area (Å²) in [4.78, 5) is 7.77. The summed E-state index contributed by atoms with van der Waals surface area (Å²) in [6.07, 6.45) is 0.816. The van der Waals surface area contributed by atoms with Crippen molar-refractivity contribution in [3.8, 4) is 10.8 Å². The van der Waals surface area contributed by atoms with Crippen LogP contribution in [0.1, 0.15) is 31.4 Å². The molecule has 1 N–H and O–H groups in total. The van der Waals surface area contributed by atoms with Crippen LogP contribution in [0.3, 0.4) is 0 Å². The second-order valence-electron chi connectivity index (χ2n) is 4.82. The van der Waals surface area contributed by atoms with E-state index in [9.17, 15) is 0 Å². The minimum Gasteiger partial charge on any atom is -0.333 e. The van der Waals surface area contributed by atoms with Crippen LogP contribution >= 0.6 is 11.5 Å². The monoisotopic (exact) mass is 294 g/mol. The van der Waals surface area contributed by atoms with Gasteiger partial charge in [0.2, 0.25) is 0 Å². The van der Waals surface area contributed by atoms with Crippen LogP contribution in [-0.2, 0) is 6.42 Å². The Balaban J connectivity index is 1.79. The minimum atomic E-state index is 0.167. The standard InChI is InChI=1S/C12H18N6OS/c1-3-9-10(20-17-15-9)12-14-11(16-19-12)8(2)18-6-4-13-5-7-18/h8,13H,3-7H2,1-2H3. The fourth-order valence-corrected chi connectivity index (χ4v) is 3.00. The molecule has 0 saturated carbocycles. The van der Waals surface area contributed by atoms with Crippen LogP contribution in [0, 0.1) is 0 Å². The van der Waals surface area contributed by atoms with E-state index >= 15 is 0 Å². The van der Waals surface area contributed by atoms with Crippen molar-refractivity contribution in [2.75, 3.05) is 26.2 Å². The van der Waals surface area contributed by atoms with Gasteiger partial charge in [-0.25, -0.2) is 0 Å². The lowest BCUT2D eigenvalue weighted by molar-refractivity contribution is 0.176. The third-order valence-electron chi connectivity index (χ3n) is 3.60. The molecule has 1 saturated heterocycles. The molecule has 108 valence electrons. The van der Waals surface area contributed by atoms with Crippen LogP contribution in [0.5, 0.6) is 0 Å². The number of nitrogens with one attached hydrogen (secondary N) is 1. The van der Waals surface area contributed by atoms with E-state index in [4.69, 9.17) is 4.52 Å². The summed E-state index contributed by atoms with van der Waals surface area (Å²) in [5, 5.41) is 11.5. The number of hydrogen-bond donors (Lipinski definition) is 1. The van der Waals surface area contributed by atoms with E-state index in [-0.39, 0.29) is 6.04 Å². The van der Waals surface area contributed by atoms with Crippen LogP contribution in [0.15, 0.2) is 4.52 Å². The van der Waals surface area contributed by atoms with E-state index in [2.05, 4.69) is 36.9 Å². The van der Waals surface area contributed by atoms with E-state index in [1.54, 1.807) is 0 Å². The van der Waals surface area contributed by atoms with Gasteiger partial charge in [-0.2, -0.15) is 4.98 Å². The smallest absolute Gasteiger partial charge is 0.271 e. The van der Waals surface area contributed by atoms with E-state index in [0.717, 1.165) is 49.0 Å². The predicted molar refractivity (Wildman–Crippen MR) is 75.4 cm³/mol. The number of aryl methyl sites for hydroxylation is 1. The van der Waals surface area contributed by atoms with E-state index < -0.39 is 0 Å². The molecule has 1 aliphatic rings. The van der Waals surface area contributed by atoms with Gasteiger partial charge in [0.25, 0.3) is 5.89 Å². The molecule has 8 heteroatoms. The average molecular weight is 294 g/mol. The number of piperazine rings is 1. The first-order valence-electron chi connectivity index (χ1n) is 6.89. The molecule has 3 rings (SSSR count). The highest BCUT2D eigenvalue weighted by atomic mass is 32.1. The second kappa shape index (κ2) is 5.94. The summed E-state index contributed by atoms with van der Waals surface area (Å²) < 4.78 is 9.35. The largest absolute Gasteiger partial charge is 0.333 e. The van der Waals surface area contributed by atoms with Crippen molar-refractivity contribution in [2.45, 2.75) is 26.3 Å². The highest BCUT2D eigenvalue weighted by Gasteiger charge is 2.24. The normalized spacial score (nSPS) is 18.3. The minimum absolute atomic E-state index is 0.167. The highest BCUT2D eigenvalue weighted by Crippen LogP contribution is 2.27. The molecule has 7 nitrogen and oxygen atoms in total.